The van der Waals surface area contributed by atoms with Gasteiger partial charge in [0.05, 0.1) is 23.6 Å². The maximum atomic E-state index is 12.3. The molecule has 27 heavy (non-hydrogen) atoms. The number of thioether (sulfide) groups is 1. The second kappa shape index (κ2) is 8.41. The molecule has 0 aliphatic rings. The van der Waals surface area contributed by atoms with Crippen LogP contribution in [-0.2, 0) is 4.79 Å². The number of para-hydroxylation sites is 1. The number of benzene rings is 2. The number of nitrogens with one attached hydrogen (secondary N) is 1. The van der Waals surface area contributed by atoms with Crippen LogP contribution in [0.25, 0.3) is 5.69 Å². The number of halogens is 1. The van der Waals surface area contributed by atoms with Crippen LogP contribution in [0.4, 0.5) is 5.69 Å². The molecular formula is C18H18ClN5O2S. The van der Waals surface area contributed by atoms with Crippen molar-refractivity contribution in [2.24, 2.45) is 0 Å². The van der Waals surface area contributed by atoms with Crippen LogP contribution in [-0.4, -0.2) is 39.0 Å². The van der Waals surface area contributed by atoms with Gasteiger partial charge in [-0.05, 0) is 53.6 Å². The Morgan fingerprint density at radius 1 is 1.26 bits per heavy atom. The molecule has 0 fully saturated rings. The fraction of sp³-hybridized carbons (Fsp3) is 0.222. The first-order valence-corrected chi connectivity index (χ1v) is 9.47. The first-order chi connectivity index (χ1) is 13.0. The highest BCUT2D eigenvalue weighted by Crippen LogP contribution is 2.28. The van der Waals surface area contributed by atoms with Crippen LogP contribution < -0.4 is 10.1 Å². The van der Waals surface area contributed by atoms with Crippen molar-refractivity contribution in [1.29, 1.82) is 0 Å². The number of carbonyl (C=O) groups excluding carboxylic acids is 1. The molecule has 0 bridgehead atoms. The monoisotopic (exact) mass is 403 g/mol. The number of carbonyl (C=O) groups is 1. The van der Waals surface area contributed by atoms with E-state index in [2.05, 4.69) is 20.8 Å². The molecule has 3 rings (SSSR count). The van der Waals surface area contributed by atoms with E-state index in [9.17, 15) is 4.79 Å². The summed E-state index contributed by atoms with van der Waals surface area (Å²) in [6.45, 7) is 4.00. The Balaban J connectivity index is 1.69. The number of hydrogen-bond acceptors (Lipinski definition) is 6. The Kier molecular flexibility index (Phi) is 5.98. The molecule has 0 radical (unpaired) electrons. The summed E-state index contributed by atoms with van der Waals surface area (Å²) in [6.07, 6.45) is 0. The van der Waals surface area contributed by atoms with Crippen molar-refractivity contribution in [3.05, 3.63) is 52.5 Å². The molecule has 140 valence electrons. The summed E-state index contributed by atoms with van der Waals surface area (Å²) >= 11 is 7.34. The fourth-order valence-electron chi connectivity index (χ4n) is 2.62. The molecule has 3 aromatic rings. The summed E-state index contributed by atoms with van der Waals surface area (Å²) in [5, 5.41) is 15.6. The lowest BCUT2D eigenvalue weighted by Crippen LogP contribution is -2.15. The van der Waals surface area contributed by atoms with Gasteiger partial charge in [-0.1, -0.05) is 41.6 Å². The lowest BCUT2D eigenvalue weighted by atomic mass is 10.1. The Hall–Kier alpha value is -2.58. The minimum absolute atomic E-state index is 0.162. The van der Waals surface area contributed by atoms with Gasteiger partial charge in [0.1, 0.15) is 5.75 Å². The Labute approximate surface area is 166 Å². The van der Waals surface area contributed by atoms with Crippen molar-refractivity contribution >= 4 is 35.0 Å². The third-order valence-corrected chi connectivity index (χ3v) is 5.07. The van der Waals surface area contributed by atoms with E-state index in [4.69, 9.17) is 16.3 Å². The number of ether oxygens (including phenoxy) is 1. The number of tetrazole rings is 1. The van der Waals surface area contributed by atoms with Gasteiger partial charge in [0.15, 0.2) is 0 Å². The van der Waals surface area contributed by atoms with Crippen LogP contribution >= 0.6 is 23.4 Å². The molecule has 0 unspecified atom stereocenters. The molecule has 0 aliphatic heterocycles. The molecule has 2 aromatic carbocycles. The zero-order chi connectivity index (χ0) is 19.4. The number of hydrogen-bond donors (Lipinski definition) is 1. The molecular weight excluding hydrogens is 386 g/mol. The van der Waals surface area contributed by atoms with Gasteiger partial charge in [-0.3, -0.25) is 4.79 Å². The second-order valence-electron chi connectivity index (χ2n) is 5.80. The molecule has 1 aromatic heterocycles. The van der Waals surface area contributed by atoms with Crippen molar-refractivity contribution in [3.8, 4) is 11.4 Å². The second-order valence-corrected chi connectivity index (χ2v) is 7.15. The molecule has 0 atom stereocenters. The molecule has 0 spiro atoms. The molecule has 1 N–H and O–H groups in total. The number of anilines is 1. The molecule has 0 saturated carbocycles. The largest absolute Gasteiger partial charge is 0.495 e. The minimum atomic E-state index is -0.183. The zero-order valence-electron chi connectivity index (χ0n) is 15.1. The number of methoxy groups -OCH3 is 1. The van der Waals surface area contributed by atoms with Crippen LogP contribution in [0.2, 0.25) is 5.02 Å². The fourth-order valence-corrected chi connectivity index (χ4v) is 3.55. The standard InChI is InChI=1S/C18H18ClN5O2S/c1-11-5-4-6-12(2)17(11)24-18(21-22-23-24)27-10-16(25)20-13-7-8-15(26-3)14(19)9-13/h4-9H,10H2,1-3H3,(H,20,25). The van der Waals surface area contributed by atoms with Gasteiger partial charge in [-0.15, -0.1) is 5.10 Å². The van der Waals surface area contributed by atoms with E-state index < -0.39 is 0 Å². The van der Waals surface area contributed by atoms with Crippen LogP contribution in [0.1, 0.15) is 11.1 Å². The molecule has 0 aliphatic carbocycles. The Morgan fingerprint density at radius 3 is 2.67 bits per heavy atom. The molecule has 0 saturated heterocycles. The van der Waals surface area contributed by atoms with Crippen molar-refractivity contribution in [2.45, 2.75) is 19.0 Å². The molecule has 1 heterocycles. The quantitative estimate of drug-likeness (QED) is 0.632. The van der Waals surface area contributed by atoms with Crippen LogP contribution in [0.15, 0.2) is 41.6 Å². The van der Waals surface area contributed by atoms with Gasteiger partial charge in [0.25, 0.3) is 0 Å². The van der Waals surface area contributed by atoms with Crippen molar-refractivity contribution in [2.75, 3.05) is 18.2 Å². The van der Waals surface area contributed by atoms with Crippen LogP contribution in [0, 0.1) is 13.8 Å². The van der Waals surface area contributed by atoms with E-state index in [-0.39, 0.29) is 11.7 Å². The lowest BCUT2D eigenvalue weighted by Gasteiger charge is -2.11. The van der Waals surface area contributed by atoms with Crippen molar-refractivity contribution in [3.63, 3.8) is 0 Å². The Morgan fingerprint density at radius 2 is 2.00 bits per heavy atom. The topological polar surface area (TPSA) is 81.9 Å². The molecule has 7 nitrogen and oxygen atoms in total. The van der Waals surface area contributed by atoms with E-state index in [1.165, 1.54) is 18.9 Å². The van der Waals surface area contributed by atoms with Gasteiger partial charge in [-0.25, -0.2) is 0 Å². The maximum absolute atomic E-state index is 12.3. The average molecular weight is 404 g/mol. The summed E-state index contributed by atoms with van der Waals surface area (Å²) < 4.78 is 6.76. The Bertz CT molecular complexity index is 956. The highest BCUT2D eigenvalue weighted by atomic mass is 35.5. The van der Waals surface area contributed by atoms with E-state index in [1.807, 2.05) is 32.0 Å². The van der Waals surface area contributed by atoms with E-state index in [1.54, 1.807) is 22.9 Å². The van der Waals surface area contributed by atoms with Gasteiger partial charge in [0, 0.05) is 5.69 Å². The van der Waals surface area contributed by atoms with Crippen molar-refractivity contribution in [1.82, 2.24) is 20.2 Å². The highest BCUT2D eigenvalue weighted by Gasteiger charge is 2.15. The molecule has 9 heteroatoms. The average Bonchev–Trinajstić information content (AvgIpc) is 3.08. The van der Waals surface area contributed by atoms with Crippen LogP contribution in [0.3, 0.4) is 0 Å². The SMILES string of the molecule is COc1ccc(NC(=O)CSc2nnnn2-c2c(C)cccc2C)cc1Cl. The summed E-state index contributed by atoms with van der Waals surface area (Å²) in [6, 6.07) is 11.1. The number of rotatable bonds is 6. The summed E-state index contributed by atoms with van der Waals surface area (Å²) in [4.78, 5) is 12.3. The van der Waals surface area contributed by atoms with Crippen molar-refractivity contribution < 1.29 is 9.53 Å². The van der Waals surface area contributed by atoms with E-state index in [0.29, 0.717) is 21.6 Å². The smallest absolute Gasteiger partial charge is 0.234 e. The normalized spacial score (nSPS) is 10.7. The number of nitrogens with zero attached hydrogens (tertiary/aromatic N) is 4. The van der Waals surface area contributed by atoms with Gasteiger partial charge < -0.3 is 10.1 Å². The summed E-state index contributed by atoms with van der Waals surface area (Å²) in [5.41, 5.74) is 3.64. The highest BCUT2D eigenvalue weighted by molar-refractivity contribution is 7.99. The lowest BCUT2D eigenvalue weighted by molar-refractivity contribution is -0.113. The van der Waals surface area contributed by atoms with E-state index >= 15 is 0 Å². The van der Waals surface area contributed by atoms with Gasteiger partial charge >= 0.3 is 0 Å². The van der Waals surface area contributed by atoms with Gasteiger partial charge in [0.2, 0.25) is 11.1 Å². The number of amides is 1. The molecule has 1 amide bonds. The predicted octanol–water partition coefficient (Wildman–Crippen LogP) is 3.67. The third-order valence-electron chi connectivity index (χ3n) is 3.86. The first kappa shape index (κ1) is 19.2. The summed E-state index contributed by atoms with van der Waals surface area (Å²) in [7, 11) is 1.54. The third kappa shape index (κ3) is 4.40. The first-order valence-electron chi connectivity index (χ1n) is 8.10. The van der Waals surface area contributed by atoms with Crippen LogP contribution in [0.5, 0.6) is 5.75 Å². The zero-order valence-corrected chi connectivity index (χ0v) is 16.6. The summed E-state index contributed by atoms with van der Waals surface area (Å²) in [5.74, 6) is 0.531. The number of aromatic nitrogens is 4. The maximum Gasteiger partial charge on any atom is 0.234 e. The predicted molar refractivity (Wildman–Crippen MR) is 106 cm³/mol. The van der Waals surface area contributed by atoms with E-state index in [0.717, 1.165) is 16.8 Å². The number of aryl methyl sites for hydroxylation is 2. The minimum Gasteiger partial charge on any atom is -0.495 e. The van der Waals surface area contributed by atoms with Gasteiger partial charge in [-0.2, -0.15) is 4.68 Å².